The highest BCUT2D eigenvalue weighted by atomic mass is 16.3. The molecule has 1 atom stereocenters. The number of benzene rings is 1. The van der Waals surface area contributed by atoms with Crippen molar-refractivity contribution in [2.24, 2.45) is 5.92 Å². The number of phenols is 1. The van der Waals surface area contributed by atoms with Gasteiger partial charge in [-0.25, -0.2) is 0 Å². The molecule has 1 aliphatic carbocycles. The lowest BCUT2D eigenvalue weighted by Crippen LogP contribution is -2.39. The van der Waals surface area contributed by atoms with Crippen LogP contribution in [-0.4, -0.2) is 17.2 Å². The Balaban J connectivity index is 1.68. The monoisotopic (exact) mass is 275 g/mol. The van der Waals surface area contributed by atoms with Gasteiger partial charge in [-0.2, -0.15) is 0 Å². The maximum Gasteiger partial charge on any atom is 0.115 e. The molecule has 0 heterocycles. The van der Waals surface area contributed by atoms with E-state index in [4.69, 9.17) is 0 Å². The molecule has 20 heavy (non-hydrogen) atoms. The van der Waals surface area contributed by atoms with Gasteiger partial charge in [-0.15, -0.1) is 0 Å². The van der Waals surface area contributed by atoms with Gasteiger partial charge in [0.05, 0.1) is 0 Å². The second kappa shape index (κ2) is 7.68. The van der Waals surface area contributed by atoms with E-state index in [1.54, 1.807) is 12.1 Å². The highest BCUT2D eigenvalue weighted by Crippen LogP contribution is 2.26. The highest BCUT2D eigenvalue weighted by molar-refractivity contribution is 5.25. The number of nitrogens with one attached hydrogen (secondary N) is 1. The zero-order valence-electron chi connectivity index (χ0n) is 12.9. The quantitative estimate of drug-likeness (QED) is 0.812. The van der Waals surface area contributed by atoms with E-state index in [2.05, 4.69) is 19.2 Å². The number of hydrogen-bond donors (Lipinski definition) is 2. The maximum absolute atomic E-state index is 9.28. The average Bonchev–Trinajstić information content (AvgIpc) is 2.47. The predicted molar refractivity (Wildman–Crippen MR) is 85.1 cm³/mol. The first-order valence-corrected chi connectivity index (χ1v) is 8.21. The summed E-state index contributed by atoms with van der Waals surface area (Å²) in [7, 11) is 0. The van der Waals surface area contributed by atoms with Crippen LogP contribution in [0.25, 0.3) is 0 Å². The van der Waals surface area contributed by atoms with Crippen LogP contribution < -0.4 is 5.32 Å². The Labute approximate surface area is 123 Å². The van der Waals surface area contributed by atoms with Crippen molar-refractivity contribution >= 4 is 0 Å². The van der Waals surface area contributed by atoms with Crippen molar-refractivity contribution in [3.8, 4) is 5.75 Å². The van der Waals surface area contributed by atoms with Crippen LogP contribution in [0.3, 0.4) is 0 Å². The smallest absolute Gasteiger partial charge is 0.115 e. The first-order chi connectivity index (χ1) is 9.67. The zero-order valence-corrected chi connectivity index (χ0v) is 12.9. The lowest BCUT2D eigenvalue weighted by molar-refractivity contribution is 0.269. The van der Waals surface area contributed by atoms with E-state index < -0.39 is 0 Å². The van der Waals surface area contributed by atoms with E-state index in [-0.39, 0.29) is 0 Å². The number of phenolic OH excluding ortho intramolecular Hbond substituents is 1. The maximum atomic E-state index is 9.28. The van der Waals surface area contributed by atoms with Crippen molar-refractivity contribution in [1.82, 2.24) is 5.32 Å². The van der Waals surface area contributed by atoms with Crippen LogP contribution >= 0.6 is 0 Å². The summed E-state index contributed by atoms with van der Waals surface area (Å²) in [5.41, 5.74) is 1.31. The lowest BCUT2D eigenvalue weighted by atomic mass is 9.84. The molecular weight excluding hydrogens is 246 g/mol. The Morgan fingerprint density at radius 1 is 1.15 bits per heavy atom. The zero-order chi connectivity index (χ0) is 14.4. The molecule has 1 fully saturated rings. The van der Waals surface area contributed by atoms with Gasteiger partial charge < -0.3 is 10.4 Å². The topological polar surface area (TPSA) is 32.3 Å². The molecule has 1 aromatic rings. The number of hydrogen-bond acceptors (Lipinski definition) is 2. The van der Waals surface area contributed by atoms with Gasteiger partial charge in [0.15, 0.2) is 0 Å². The molecule has 0 radical (unpaired) electrons. The third kappa shape index (κ3) is 4.82. The fourth-order valence-corrected chi connectivity index (χ4v) is 3.27. The average molecular weight is 275 g/mol. The van der Waals surface area contributed by atoms with Gasteiger partial charge >= 0.3 is 0 Å². The molecule has 0 spiro atoms. The van der Waals surface area contributed by atoms with Crippen molar-refractivity contribution in [3.63, 3.8) is 0 Å². The number of aromatic hydroxyl groups is 1. The van der Waals surface area contributed by atoms with Crippen LogP contribution in [0.5, 0.6) is 5.75 Å². The molecule has 0 amide bonds. The van der Waals surface area contributed by atoms with Crippen molar-refractivity contribution < 1.29 is 5.11 Å². The minimum atomic E-state index is 0.354. The van der Waals surface area contributed by atoms with E-state index >= 15 is 0 Å². The Morgan fingerprint density at radius 3 is 2.40 bits per heavy atom. The van der Waals surface area contributed by atoms with Gasteiger partial charge in [0.2, 0.25) is 0 Å². The molecule has 1 aliphatic rings. The minimum Gasteiger partial charge on any atom is -0.508 e. The lowest BCUT2D eigenvalue weighted by Gasteiger charge is -2.30. The third-order valence-electron chi connectivity index (χ3n) is 4.75. The molecule has 2 N–H and O–H groups in total. The van der Waals surface area contributed by atoms with Gasteiger partial charge in [0.25, 0.3) is 0 Å². The van der Waals surface area contributed by atoms with Gasteiger partial charge in [0, 0.05) is 12.1 Å². The molecule has 0 aliphatic heterocycles. The minimum absolute atomic E-state index is 0.354. The predicted octanol–water partition coefficient (Wildman–Crippen LogP) is 4.27. The summed E-state index contributed by atoms with van der Waals surface area (Å²) in [6, 6.07) is 8.90. The molecular formula is C18H29NO. The molecule has 2 rings (SSSR count). The fraction of sp³-hybridized carbons (Fsp3) is 0.667. The number of aryl methyl sites for hydroxylation is 1. The second-order valence-corrected chi connectivity index (χ2v) is 6.40. The molecule has 0 aromatic heterocycles. The van der Waals surface area contributed by atoms with Crippen LogP contribution in [0.2, 0.25) is 0 Å². The molecule has 1 unspecified atom stereocenters. The van der Waals surface area contributed by atoms with Crippen LogP contribution in [0.15, 0.2) is 24.3 Å². The van der Waals surface area contributed by atoms with Gasteiger partial charge in [-0.05, 0) is 69.1 Å². The second-order valence-electron chi connectivity index (χ2n) is 6.40. The summed E-state index contributed by atoms with van der Waals surface area (Å²) in [5, 5.41) is 13.1. The van der Waals surface area contributed by atoms with E-state index in [1.807, 2.05) is 12.1 Å². The molecule has 1 saturated carbocycles. The molecule has 2 nitrogen and oxygen atoms in total. The van der Waals surface area contributed by atoms with Crippen molar-refractivity contribution in [1.29, 1.82) is 0 Å². The fourth-order valence-electron chi connectivity index (χ4n) is 3.27. The molecule has 2 heteroatoms. The Kier molecular flexibility index (Phi) is 5.90. The first-order valence-electron chi connectivity index (χ1n) is 8.21. The van der Waals surface area contributed by atoms with Crippen molar-refractivity contribution in [3.05, 3.63) is 29.8 Å². The summed E-state index contributed by atoms with van der Waals surface area (Å²) in [6.07, 6.45) is 9.10. The Bertz CT molecular complexity index is 379. The van der Waals surface area contributed by atoms with Gasteiger partial charge in [0.1, 0.15) is 5.75 Å². The van der Waals surface area contributed by atoms with E-state index in [0.717, 1.165) is 18.4 Å². The molecule has 0 bridgehead atoms. The Hall–Kier alpha value is -1.02. The first kappa shape index (κ1) is 15.4. The SMILES string of the molecule is CCC1CCC(NC(C)CCc2ccc(O)cc2)CC1. The normalized spacial score (nSPS) is 24.5. The summed E-state index contributed by atoms with van der Waals surface area (Å²) in [5.74, 6) is 1.33. The summed E-state index contributed by atoms with van der Waals surface area (Å²) in [6.45, 7) is 4.62. The molecule has 0 saturated heterocycles. The van der Waals surface area contributed by atoms with E-state index in [1.165, 1.54) is 44.1 Å². The summed E-state index contributed by atoms with van der Waals surface area (Å²) < 4.78 is 0. The van der Waals surface area contributed by atoms with Crippen molar-refractivity contribution in [2.75, 3.05) is 0 Å². The Morgan fingerprint density at radius 2 is 1.80 bits per heavy atom. The largest absolute Gasteiger partial charge is 0.508 e. The van der Waals surface area contributed by atoms with Crippen molar-refractivity contribution in [2.45, 2.75) is 70.9 Å². The standard InChI is InChI=1S/C18H29NO/c1-3-15-6-10-17(11-7-15)19-14(2)4-5-16-8-12-18(20)13-9-16/h8-9,12-15,17,19-20H,3-7,10-11H2,1-2H3. The highest BCUT2D eigenvalue weighted by Gasteiger charge is 2.20. The van der Waals surface area contributed by atoms with Gasteiger partial charge in [-0.3, -0.25) is 0 Å². The summed E-state index contributed by atoms with van der Waals surface area (Å²) >= 11 is 0. The van der Waals surface area contributed by atoms with Crippen LogP contribution in [-0.2, 0) is 6.42 Å². The third-order valence-corrected chi connectivity index (χ3v) is 4.75. The van der Waals surface area contributed by atoms with Crippen LogP contribution in [0.4, 0.5) is 0 Å². The van der Waals surface area contributed by atoms with E-state index in [0.29, 0.717) is 11.8 Å². The molecule has 1 aromatic carbocycles. The van der Waals surface area contributed by atoms with Crippen LogP contribution in [0.1, 0.15) is 57.9 Å². The van der Waals surface area contributed by atoms with E-state index in [9.17, 15) is 5.11 Å². The number of rotatable bonds is 6. The summed E-state index contributed by atoms with van der Waals surface area (Å²) in [4.78, 5) is 0. The van der Waals surface area contributed by atoms with Gasteiger partial charge in [-0.1, -0.05) is 25.5 Å². The molecule has 112 valence electrons. The van der Waals surface area contributed by atoms with Crippen LogP contribution in [0, 0.1) is 5.92 Å².